The molecule has 12 heteroatoms. The number of aryl methyl sites for hydroxylation is 1. The molecule has 0 unspecified atom stereocenters. The second kappa shape index (κ2) is 13.9. The van der Waals surface area contributed by atoms with E-state index in [4.69, 9.17) is 19.2 Å². The topological polar surface area (TPSA) is 114 Å². The van der Waals surface area contributed by atoms with Crippen molar-refractivity contribution in [3.63, 3.8) is 0 Å². The van der Waals surface area contributed by atoms with Gasteiger partial charge in [0.05, 0.1) is 44.5 Å². The molecule has 50 heavy (non-hydrogen) atoms. The van der Waals surface area contributed by atoms with E-state index in [1.54, 1.807) is 29.9 Å². The molecule has 0 spiro atoms. The number of para-hydroxylation sites is 1. The van der Waals surface area contributed by atoms with Crippen LogP contribution in [0.25, 0.3) is 16.7 Å². The van der Waals surface area contributed by atoms with Gasteiger partial charge in [-0.3, -0.25) is 14.2 Å². The Kier molecular flexibility index (Phi) is 9.09. The number of anilines is 5. The Labute approximate surface area is 290 Å². The highest BCUT2D eigenvalue weighted by Gasteiger charge is 2.30. The number of amides is 1. The molecule has 0 aliphatic carbocycles. The first-order valence-electron chi connectivity index (χ1n) is 16.5. The molecule has 5 aromatic rings. The lowest BCUT2D eigenvalue weighted by atomic mass is 10.1. The predicted molar refractivity (Wildman–Crippen MR) is 196 cm³/mol. The van der Waals surface area contributed by atoms with Crippen LogP contribution < -0.4 is 35.0 Å². The smallest absolute Gasteiger partial charge is 0.280 e. The molecule has 3 aromatic carbocycles. The zero-order chi connectivity index (χ0) is 34.8. The van der Waals surface area contributed by atoms with Crippen LogP contribution in [0.3, 0.4) is 0 Å². The largest absolute Gasteiger partial charge is 0.497 e. The van der Waals surface area contributed by atoms with Crippen LogP contribution in [0.1, 0.15) is 11.1 Å². The number of methoxy groups -OCH3 is 2. The van der Waals surface area contributed by atoms with Crippen molar-refractivity contribution in [2.45, 2.75) is 13.5 Å². The highest BCUT2D eigenvalue weighted by Crippen LogP contribution is 2.40. The molecule has 1 saturated heterocycles. The van der Waals surface area contributed by atoms with Gasteiger partial charge in [-0.1, -0.05) is 18.7 Å². The third-order valence-corrected chi connectivity index (χ3v) is 9.19. The summed E-state index contributed by atoms with van der Waals surface area (Å²) in [6.45, 7) is 9.82. The van der Waals surface area contributed by atoms with Gasteiger partial charge < -0.3 is 34.2 Å². The van der Waals surface area contributed by atoms with Crippen LogP contribution in [-0.2, 0) is 16.1 Å². The SMILES string of the molecule is C=CC(=O)N1CCN(c2cc3cnc(NCc4ccc(OC)cc4OC)nc3n(-c3ccc(N4CCOCC4)cc3)c2=O)c2cccc(C)c21. The van der Waals surface area contributed by atoms with E-state index >= 15 is 0 Å². The molecule has 0 saturated carbocycles. The molecule has 256 valence electrons. The number of rotatable bonds is 9. The van der Waals surface area contributed by atoms with Gasteiger partial charge in [-0.25, -0.2) is 4.98 Å². The molecule has 0 bridgehead atoms. The molecule has 2 aliphatic heterocycles. The van der Waals surface area contributed by atoms with Crippen LogP contribution in [0.2, 0.25) is 0 Å². The minimum atomic E-state index is -0.242. The Balaban J connectivity index is 1.33. The fourth-order valence-corrected chi connectivity index (χ4v) is 6.63. The van der Waals surface area contributed by atoms with Crippen LogP contribution in [0, 0.1) is 6.92 Å². The van der Waals surface area contributed by atoms with Gasteiger partial charge in [-0.2, -0.15) is 4.98 Å². The third-order valence-electron chi connectivity index (χ3n) is 9.19. The number of nitrogens with one attached hydrogen (secondary N) is 1. The van der Waals surface area contributed by atoms with Crippen molar-refractivity contribution in [2.75, 3.05) is 73.6 Å². The lowest BCUT2D eigenvalue weighted by molar-refractivity contribution is -0.114. The molecule has 1 fully saturated rings. The molecule has 1 N–H and O–H groups in total. The zero-order valence-corrected chi connectivity index (χ0v) is 28.4. The number of benzene rings is 3. The highest BCUT2D eigenvalue weighted by molar-refractivity contribution is 6.05. The van der Waals surface area contributed by atoms with Gasteiger partial charge in [0.25, 0.3) is 11.5 Å². The van der Waals surface area contributed by atoms with Gasteiger partial charge in [-0.15, -0.1) is 0 Å². The molecule has 12 nitrogen and oxygen atoms in total. The van der Waals surface area contributed by atoms with Gasteiger partial charge in [-0.05, 0) is 67.1 Å². The minimum absolute atomic E-state index is 0.183. The van der Waals surface area contributed by atoms with E-state index in [1.165, 1.54) is 6.08 Å². The summed E-state index contributed by atoms with van der Waals surface area (Å²) >= 11 is 0. The first-order chi connectivity index (χ1) is 24.4. The zero-order valence-electron chi connectivity index (χ0n) is 28.4. The Morgan fingerprint density at radius 2 is 1.74 bits per heavy atom. The van der Waals surface area contributed by atoms with Crippen LogP contribution in [0.4, 0.5) is 28.7 Å². The monoisotopic (exact) mass is 673 g/mol. The Morgan fingerprint density at radius 3 is 2.48 bits per heavy atom. The van der Waals surface area contributed by atoms with Gasteiger partial charge in [0, 0.05) is 61.6 Å². The second-order valence-corrected chi connectivity index (χ2v) is 12.1. The summed E-state index contributed by atoms with van der Waals surface area (Å²) < 4.78 is 18.1. The van der Waals surface area contributed by atoms with E-state index in [9.17, 15) is 9.59 Å². The molecule has 0 radical (unpaired) electrons. The molecular formula is C38H39N7O5. The summed E-state index contributed by atoms with van der Waals surface area (Å²) in [5, 5.41) is 3.98. The Bertz CT molecular complexity index is 2130. The van der Waals surface area contributed by atoms with E-state index in [2.05, 4.69) is 21.8 Å². The summed E-state index contributed by atoms with van der Waals surface area (Å²) in [6.07, 6.45) is 3.05. The van der Waals surface area contributed by atoms with E-state index < -0.39 is 0 Å². The van der Waals surface area contributed by atoms with Crippen molar-refractivity contribution in [1.29, 1.82) is 0 Å². The number of hydrogen-bond donors (Lipinski definition) is 1. The number of morpholine rings is 1. The number of pyridine rings is 1. The van der Waals surface area contributed by atoms with Gasteiger partial charge in [0.1, 0.15) is 17.2 Å². The molecular weight excluding hydrogens is 634 g/mol. The minimum Gasteiger partial charge on any atom is -0.497 e. The van der Waals surface area contributed by atoms with Crippen molar-refractivity contribution >= 4 is 45.6 Å². The summed E-state index contributed by atoms with van der Waals surface area (Å²) in [5.74, 6) is 1.54. The lowest BCUT2D eigenvalue weighted by Crippen LogP contribution is -2.43. The number of carbonyl (C=O) groups excluding carboxylic acids is 1. The van der Waals surface area contributed by atoms with Crippen molar-refractivity contribution in [2.24, 2.45) is 0 Å². The lowest BCUT2D eigenvalue weighted by Gasteiger charge is -2.38. The number of fused-ring (bicyclic) bond motifs is 2. The van der Waals surface area contributed by atoms with Gasteiger partial charge >= 0.3 is 0 Å². The molecule has 0 atom stereocenters. The van der Waals surface area contributed by atoms with Crippen LogP contribution in [0.5, 0.6) is 11.5 Å². The van der Waals surface area contributed by atoms with Crippen molar-refractivity contribution in [1.82, 2.24) is 14.5 Å². The normalized spacial score (nSPS) is 14.3. The molecule has 7 rings (SSSR count). The molecule has 2 aromatic heterocycles. The number of hydrogen-bond acceptors (Lipinski definition) is 10. The maximum Gasteiger partial charge on any atom is 0.280 e. The second-order valence-electron chi connectivity index (χ2n) is 12.1. The Morgan fingerprint density at radius 1 is 0.960 bits per heavy atom. The standard InChI is InChI=1S/C38H39N7O5/c1-5-34(46)44-16-15-43(31-8-6-7-25(2)35(31)44)32-21-27-24-40-38(39-23-26-9-14-30(48-3)22-33(26)49-4)41-36(27)45(37(32)47)29-12-10-28(11-13-29)42-17-19-50-20-18-42/h5-14,21-22,24H,1,15-20,23H2,2-4H3,(H,39,40,41). The average Bonchev–Trinajstić information content (AvgIpc) is 3.16. The molecule has 2 aliphatic rings. The number of nitrogens with zero attached hydrogens (tertiary/aromatic N) is 6. The van der Waals surface area contributed by atoms with E-state index in [-0.39, 0.29) is 11.5 Å². The summed E-state index contributed by atoms with van der Waals surface area (Å²) in [5.41, 5.74) is 5.75. The quantitative estimate of drug-likeness (QED) is 0.209. The number of ether oxygens (including phenoxy) is 3. The third kappa shape index (κ3) is 6.09. The van der Waals surface area contributed by atoms with E-state index in [0.717, 1.165) is 41.3 Å². The molecule has 4 heterocycles. The van der Waals surface area contributed by atoms with Crippen LogP contribution in [0.15, 0.2) is 90.4 Å². The first kappa shape index (κ1) is 32.7. The highest BCUT2D eigenvalue weighted by atomic mass is 16.5. The van der Waals surface area contributed by atoms with Crippen molar-refractivity contribution < 1.29 is 19.0 Å². The van der Waals surface area contributed by atoms with Crippen LogP contribution >= 0.6 is 0 Å². The van der Waals surface area contributed by atoms with Gasteiger partial charge in [0.15, 0.2) is 5.65 Å². The van der Waals surface area contributed by atoms with Crippen LogP contribution in [-0.4, -0.2) is 74.1 Å². The fraction of sp³-hybridized carbons (Fsp3) is 0.263. The van der Waals surface area contributed by atoms with Crippen molar-refractivity contribution in [3.05, 3.63) is 107 Å². The first-order valence-corrected chi connectivity index (χ1v) is 16.5. The van der Waals surface area contributed by atoms with Gasteiger partial charge in [0.2, 0.25) is 5.95 Å². The Hall–Kier alpha value is -5.88. The molecule has 1 amide bonds. The number of carbonyl (C=O) groups is 1. The summed E-state index contributed by atoms with van der Waals surface area (Å²) in [4.78, 5) is 43.1. The fourth-order valence-electron chi connectivity index (χ4n) is 6.63. The maximum atomic E-state index is 14.8. The predicted octanol–water partition coefficient (Wildman–Crippen LogP) is 5.23. The summed E-state index contributed by atoms with van der Waals surface area (Å²) in [6, 6.07) is 21.2. The van der Waals surface area contributed by atoms with Crippen molar-refractivity contribution in [3.8, 4) is 17.2 Å². The van der Waals surface area contributed by atoms with E-state index in [0.29, 0.717) is 72.7 Å². The number of aromatic nitrogens is 3. The van der Waals surface area contributed by atoms with E-state index in [1.807, 2.05) is 78.6 Å². The average molecular weight is 674 g/mol. The maximum absolute atomic E-state index is 14.8. The summed E-state index contributed by atoms with van der Waals surface area (Å²) in [7, 11) is 3.22.